The maximum Gasteiger partial charge on any atom is 0.252 e. The number of rotatable bonds is 4. The Morgan fingerprint density at radius 3 is 3.25 bits per heavy atom. The van der Waals surface area contributed by atoms with Crippen molar-refractivity contribution in [2.45, 2.75) is 37.5 Å². The number of nitrogens with zero attached hydrogens (tertiary/aromatic N) is 1. The van der Waals surface area contributed by atoms with Gasteiger partial charge in [0.2, 0.25) is 0 Å². The zero-order valence-corrected chi connectivity index (χ0v) is 10.2. The average molecular weight is 239 g/mol. The molecular weight excluding hydrogens is 222 g/mol. The zero-order valence-electron chi connectivity index (χ0n) is 9.40. The Morgan fingerprint density at radius 1 is 1.62 bits per heavy atom. The van der Waals surface area contributed by atoms with Gasteiger partial charge in [0.05, 0.1) is 6.33 Å². The highest BCUT2D eigenvalue weighted by Gasteiger charge is 2.27. The zero-order chi connectivity index (χ0) is 11.4. The molecule has 0 amide bonds. The van der Waals surface area contributed by atoms with Gasteiger partial charge < -0.3 is 10.3 Å². The molecule has 0 bridgehead atoms. The predicted molar refractivity (Wildman–Crippen MR) is 68.0 cm³/mol. The van der Waals surface area contributed by atoms with Crippen LogP contribution in [0.4, 0.5) is 5.82 Å². The van der Waals surface area contributed by atoms with Crippen LogP contribution in [0, 0.1) is 0 Å². The summed E-state index contributed by atoms with van der Waals surface area (Å²) in [7, 11) is 0. The highest BCUT2D eigenvalue weighted by molar-refractivity contribution is 7.99. The molecule has 4 nitrogen and oxygen atoms in total. The third-order valence-electron chi connectivity index (χ3n) is 2.84. The van der Waals surface area contributed by atoms with Gasteiger partial charge in [-0.2, -0.15) is 11.8 Å². The molecule has 2 N–H and O–H groups in total. The molecule has 0 spiro atoms. The van der Waals surface area contributed by atoms with Gasteiger partial charge in [-0.05, 0) is 18.6 Å². The standard InChI is InChI=1S/C11H17N3OS/c1-2-16-9-5-3-4-8(9)14-10-6-11(15)13-7-12-10/h6-9H,2-5H2,1H3,(H2,12,13,14,15). The van der Waals surface area contributed by atoms with Crippen molar-refractivity contribution in [3.8, 4) is 0 Å². The largest absolute Gasteiger partial charge is 0.366 e. The molecule has 1 aliphatic rings. The molecule has 16 heavy (non-hydrogen) atoms. The van der Waals surface area contributed by atoms with Crippen molar-refractivity contribution in [2.75, 3.05) is 11.1 Å². The third-order valence-corrected chi connectivity index (χ3v) is 4.17. The van der Waals surface area contributed by atoms with Gasteiger partial charge in [0.15, 0.2) is 0 Å². The molecule has 1 aromatic heterocycles. The first-order chi connectivity index (χ1) is 7.79. The molecule has 1 aromatic rings. The lowest BCUT2D eigenvalue weighted by Gasteiger charge is -2.20. The number of H-pyrrole nitrogens is 1. The van der Waals surface area contributed by atoms with Gasteiger partial charge in [0.1, 0.15) is 5.82 Å². The third kappa shape index (κ3) is 2.78. The fraction of sp³-hybridized carbons (Fsp3) is 0.636. The lowest BCUT2D eigenvalue weighted by atomic mass is 10.2. The van der Waals surface area contributed by atoms with Crippen LogP contribution in [0.15, 0.2) is 17.2 Å². The molecule has 0 saturated heterocycles. The van der Waals surface area contributed by atoms with Crippen LogP contribution in [0.1, 0.15) is 26.2 Å². The van der Waals surface area contributed by atoms with E-state index in [0.717, 1.165) is 5.75 Å². The minimum atomic E-state index is -0.102. The summed E-state index contributed by atoms with van der Waals surface area (Å²) < 4.78 is 0. The van der Waals surface area contributed by atoms with Crippen LogP contribution < -0.4 is 10.9 Å². The van der Waals surface area contributed by atoms with Crippen LogP contribution >= 0.6 is 11.8 Å². The van der Waals surface area contributed by atoms with Crippen LogP contribution in [-0.4, -0.2) is 27.0 Å². The monoisotopic (exact) mass is 239 g/mol. The molecule has 2 rings (SSSR count). The van der Waals surface area contributed by atoms with Crippen LogP contribution in [-0.2, 0) is 0 Å². The van der Waals surface area contributed by atoms with Crippen LogP contribution in [0.2, 0.25) is 0 Å². The number of aromatic nitrogens is 2. The van der Waals surface area contributed by atoms with Crippen molar-refractivity contribution in [1.82, 2.24) is 9.97 Å². The molecule has 5 heteroatoms. The summed E-state index contributed by atoms with van der Waals surface area (Å²) in [4.78, 5) is 17.8. The van der Waals surface area contributed by atoms with Crippen molar-refractivity contribution in [3.63, 3.8) is 0 Å². The smallest absolute Gasteiger partial charge is 0.252 e. The Balaban J connectivity index is 2.01. The van der Waals surface area contributed by atoms with Gasteiger partial charge >= 0.3 is 0 Å². The van der Waals surface area contributed by atoms with E-state index in [2.05, 4.69) is 22.2 Å². The normalized spacial score (nSPS) is 24.6. The Morgan fingerprint density at radius 2 is 2.50 bits per heavy atom. The molecule has 1 saturated carbocycles. The fourth-order valence-electron chi connectivity index (χ4n) is 2.14. The number of thioether (sulfide) groups is 1. The molecule has 1 fully saturated rings. The summed E-state index contributed by atoms with van der Waals surface area (Å²) in [5.41, 5.74) is -0.102. The van der Waals surface area contributed by atoms with E-state index < -0.39 is 0 Å². The first kappa shape index (κ1) is 11.5. The molecule has 0 aliphatic heterocycles. The quantitative estimate of drug-likeness (QED) is 0.842. The first-order valence-corrected chi connectivity index (χ1v) is 6.77. The molecule has 0 radical (unpaired) electrons. The van der Waals surface area contributed by atoms with Crippen LogP contribution in [0.3, 0.4) is 0 Å². The van der Waals surface area contributed by atoms with Gasteiger partial charge in [0, 0.05) is 17.4 Å². The van der Waals surface area contributed by atoms with Gasteiger partial charge in [0.25, 0.3) is 5.56 Å². The summed E-state index contributed by atoms with van der Waals surface area (Å²) in [6.45, 7) is 2.19. The van der Waals surface area contributed by atoms with Gasteiger partial charge in [-0.25, -0.2) is 4.98 Å². The number of nitrogens with one attached hydrogen (secondary N) is 2. The van der Waals surface area contributed by atoms with E-state index in [1.54, 1.807) is 0 Å². The van der Waals surface area contributed by atoms with E-state index in [9.17, 15) is 4.79 Å². The summed E-state index contributed by atoms with van der Waals surface area (Å²) in [6.07, 6.45) is 5.14. The van der Waals surface area contributed by atoms with Crippen molar-refractivity contribution >= 4 is 17.6 Å². The van der Waals surface area contributed by atoms with E-state index in [-0.39, 0.29) is 5.56 Å². The second-order valence-electron chi connectivity index (χ2n) is 3.97. The SMILES string of the molecule is CCSC1CCCC1Nc1cc(=O)[nH]cn1. The number of anilines is 1. The van der Waals surface area contributed by atoms with Gasteiger partial charge in [-0.15, -0.1) is 0 Å². The fourth-order valence-corrected chi connectivity index (χ4v) is 3.34. The molecule has 2 atom stereocenters. The van der Waals surface area contributed by atoms with E-state index in [1.165, 1.54) is 31.7 Å². The molecule has 88 valence electrons. The first-order valence-electron chi connectivity index (χ1n) is 5.72. The van der Waals surface area contributed by atoms with E-state index >= 15 is 0 Å². The summed E-state index contributed by atoms with van der Waals surface area (Å²) in [6, 6.07) is 1.98. The summed E-state index contributed by atoms with van der Waals surface area (Å²) in [5, 5.41) is 4.02. The number of hydrogen-bond acceptors (Lipinski definition) is 4. The Kier molecular flexibility index (Phi) is 3.88. The van der Waals surface area contributed by atoms with Gasteiger partial charge in [-0.3, -0.25) is 4.79 Å². The minimum Gasteiger partial charge on any atom is -0.366 e. The molecule has 1 aliphatic carbocycles. The van der Waals surface area contributed by atoms with E-state index in [1.807, 2.05) is 11.8 Å². The molecule has 1 heterocycles. The van der Waals surface area contributed by atoms with Crippen molar-refractivity contribution in [3.05, 3.63) is 22.7 Å². The van der Waals surface area contributed by atoms with E-state index in [0.29, 0.717) is 17.1 Å². The minimum absolute atomic E-state index is 0.102. The summed E-state index contributed by atoms with van der Waals surface area (Å²) >= 11 is 1.99. The molecule has 2 unspecified atom stereocenters. The van der Waals surface area contributed by atoms with Crippen LogP contribution in [0.25, 0.3) is 0 Å². The lowest BCUT2D eigenvalue weighted by Crippen LogP contribution is -2.27. The second-order valence-corrected chi connectivity index (χ2v) is 5.49. The van der Waals surface area contributed by atoms with E-state index in [4.69, 9.17) is 0 Å². The van der Waals surface area contributed by atoms with Crippen molar-refractivity contribution in [1.29, 1.82) is 0 Å². The average Bonchev–Trinajstić information content (AvgIpc) is 2.66. The summed E-state index contributed by atoms with van der Waals surface area (Å²) in [5.74, 6) is 1.84. The molecule has 0 aromatic carbocycles. The highest BCUT2D eigenvalue weighted by atomic mass is 32.2. The maximum atomic E-state index is 11.1. The Hall–Kier alpha value is -0.970. The maximum absolute atomic E-state index is 11.1. The Bertz CT molecular complexity index is 393. The van der Waals surface area contributed by atoms with Crippen molar-refractivity contribution in [2.24, 2.45) is 0 Å². The number of aromatic amines is 1. The van der Waals surface area contributed by atoms with Gasteiger partial charge in [-0.1, -0.05) is 13.3 Å². The van der Waals surface area contributed by atoms with Crippen molar-refractivity contribution < 1.29 is 0 Å². The Labute approximate surface area is 99.3 Å². The predicted octanol–water partition coefficient (Wildman–Crippen LogP) is 1.86. The topological polar surface area (TPSA) is 57.8 Å². The molecular formula is C11H17N3OS. The van der Waals surface area contributed by atoms with Crippen LogP contribution in [0.5, 0.6) is 0 Å². The lowest BCUT2D eigenvalue weighted by molar-refractivity contribution is 0.761. The number of hydrogen-bond donors (Lipinski definition) is 2. The highest BCUT2D eigenvalue weighted by Crippen LogP contribution is 2.31. The second kappa shape index (κ2) is 5.39.